The normalized spacial score (nSPS) is 14.9. The second kappa shape index (κ2) is 8.11. The Kier molecular flexibility index (Phi) is 5.65. The quantitative estimate of drug-likeness (QED) is 0.797. The lowest BCUT2D eigenvalue weighted by atomic mass is 10.1. The summed E-state index contributed by atoms with van der Waals surface area (Å²) in [5.41, 5.74) is 1.16. The van der Waals surface area contributed by atoms with E-state index in [0.29, 0.717) is 16.9 Å². The van der Waals surface area contributed by atoms with Gasteiger partial charge in [0.1, 0.15) is 5.82 Å². The Morgan fingerprint density at radius 2 is 1.92 bits per heavy atom. The number of benzene rings is 1. The highest BCUT2D eigenvalue weighted by atomic mass is 32.1. The van der Waals surface area contributed by atoms with Gasteiger partial charge in [0.2, 0.25) is 11.8 Å². The van der Waals surface area contributed by atoms with Crippen molar-refractivity contribution in [3.63, 3.8) is 0 Å². The smallest absolute Gasteiger partial charge is 0.234 e. The van der Waals surface area contributed by atoms with Gasteiger partial charge in [-0.05, 0) is 37.5 Å². The van der Waals surface area contributed by atoms with Crippen LogP contribution in [-0.4, -0.2) is 35.3 Å². The lowest BCUT2D eigenvalue weighted by Gasteiger charge is -2.19. The topological polar surface area (TPSA) is 62.3 Å². The van der Waals surface area contributed by atoms with Gasteiger partial charge in [-0.15, -0.1) is 0 Å². The molecule has 1 aromatic heterocycles. The number of rotatable bonds is 5. The molecule has 2 N–H and O–H groups in total. The molecule has 0 amide bonds. The summed E-state index contributed by atoms with van der Waals surface area (Å²) in [6.07, 6.45) is 2.37. The third-order valence-corrected chi connectivity index (χ3v) is 4.42. The number of hydrogen-bond donors (Lipinski definition) is 2. The Bertz CT molecular complexity index is 719. The summed E-state index contributed by atoms with van der Waals surface area (Å²) < 4.78 is 5.31. The van der Waals surface area contributed by atoms with Gasteiger partial charge in [0.25, 0.3) is 0 Å². The molecule has 1 aliphatic rings. The fourth-order valence-corrected chi connectivity index (χ4v) is 3.11. The monoisotopic (exact) mass is 357 g/mol. The predicted molar refractivity (Wildman–Crippen MR) is 104 cm³/mol. The van der Waals surface area contributed by atoms with Crippen molar-refractivity contribution in [3.8, 4) is 5.88 Å². The highest BCUT2D eigenvalue weighted by Crippen LogP contribution is 2.23. The molecule has 25 heavy (non-hydrogen) atoms. The Balaban J connectivity index is 1.68. The fourth-order valence-electron chi connectivity index (χ4n) is 2.84. The zero-order valence-corrected chi connectivity index (χ0v) is 15.3. The number of anilines is 2. The van der Waals surface area contributed by atoms with Crippen molar-refractivity contribution in [3.05, 3.63) is 42.0 Å². The number of ether oxygens (including phenoxy) is 1. The summed E-state index contributed by atoms with van der Waals surface area (Å²) in [7, 11) is 1.61. The molecule has 0 bridgehead atoms. The van der Waals surface area contributed by atoms with Gasteiger partial charge in [-0.3, -0.25) is 0 Å². The maximum Gasteiger partial charge on any atom is 0.234 e. The SMILES string of the molecule is COc1cc(N2CCCC2)nc(NC(=S)N[C@@H](C)c2ccccc2)n1. The molecule has 0 spiro atoms. The molecule has 132 valence electrons. The van der Waals surface area contributed by atoms with Gasteiger partial charge in [-0.2, -0.15) is 9.97 Å². The lowest BCUT2D eigenvalue weighted by molar-refractivity contribution is 0.397. The molecular weight excluding hydrogens is 334 g/mol. The zero-order valence-electron chi connectivity index (χ0n) is 14.5. The third-order valence-electron chi connectivity index (χ3n) is 4.20. The number of nitrogens with one attached hydrogen (secondary N) is 2. The molecule has 1 atom stereocenters. The van der Waals surface area contributed by atoms with Crippen LogP contribution in [0.15, 0.2) is 36.4 Å². The number of thiocarbonyl (C=S) groups is 1. The van der Waals surface area contributed by atoms with Crippen LogP contribution in [-0.2, 0) is 0 Å². The molecule has 1 fully saturated rings. The van der Waals surface area contributed by atoms with Crippen LogP contribution < -0.4 is 20.3 Å². The summed E-state index contributed by atoms with van der Waals surface area (Å²) >= 11 is 5.41. The third kappa shape index (κ3) is 4.57. The lowest BCUT2D eigenvalue weighted by Crippen LogP contribution is -2.31. The van der Waals surface area contributed by atoms with Crippen molar-refractivity contribution in [1.82, 2.24) is 15.3 Å². The molecule has 2 aromatic rings. The van der Waals surface area contributed by atoms with E-state index >= 15 is 0 Å². The maximum absolute atomic E-state index is 5.41. The minimum atomic E-state index is 0.0878. The zero-order chi connectivity index (χ0) is 17.6. The van der Waals surface area contributed by atoms with Crippen molar-refractivity contribution in [1.29, 1.82) is 0 Å². The fraction of sp³-hybridized carbons (Fsp3) is 0.389. The van der Waals surface area contributed by atoms with Crippen LogP contribution in [0.3, 0.4) is 0 Å². The van der Waals surface area contributed by atoms with Gasteiger partial charge in [-0.1, -0.05) is 30.3 Å². The molecule has 3 rings (SSSR count). The summed E-state index contributed by atoms with van der Waals surface area (Å²) in [6.45, 7) is 4.08. The van der Waals surface area contributed by atoms with E-state index in [0.717, 1.165) is 24.5 Å². The summed E-state index contributed by atoms with van der Waals surface area (Å²) in [5, 5.41) is 6.81. The molecule has 6 nitrogen and oxygen atoms in total. The van der Waals surface area contributed by atoms with Gasteiger partial charge in [0, 0.05) is 19.2 Å². The molecule has 1 aromatic carbocycles. The predicted octanol–water partition coefficient (Wildman–Crippen LogP) is 3.13. The number of hydrogen-bond acceptors (Lipinski definition) is 5. The molecule has 0 saturated carbocycles. The number of aromatic nitrogens is 2. The first-order valence-electron chi connectivity index (χ1n) is 8.46. The number of nitrogens with zero attached hydrogens (tertiary/aromatic N) is 3. The molecule has 2 heterocycles. The average molecular weight is 357 g/mol. The van der Waals surface area contributed by atoms with Crippen molar-refractivity contribution < 1.29 is 4.74 Å². The van der Waals surface area contributed by atoms with Crippen molar-refractivity contribution in [2.45, 2.75) is 25.8 Å². The van der Waals surface area contributed by atoms with Crippen LogP contribution >= 0.6 is 12.2 Å². The molecule has 0 unspecified atom stereocenters. The molecule has 1 saturated heterocycles. The first-order chi connectivity index (χ1) is 12.2. The Labute approximate surface area is 153 Å². The van der Waals surface area contributed by atoms with E-state index in [1.165, 1.54) is 12.8 Å². The molecule has 0 aliphatic carbocycles. The summed E-state index contributed by atoms with van der Waals surface area (Å²) in [6, 6.07) is 12.1. The van der Waals surface area contributed by atoms with Crippen molar-refractivity contribution in [2.24, 2.45) is 0 Å². The molecular formula is C18H23N5OS. The average Bonchev–Trinajstić information content (AvgIpc) is 3.16. The van der Waals surface area contributed by atoms with Crippen LogP contribution in [0.4, 0.5) is 11.8 Å². The van der Waals surface area contributed by atoms with E-state index in [9.17, 15) is 0 Å². The second-order valence-corrected chi connectivity index (χ2v) is 6.43. The minimum Gasteiger partial charge on any atom is -0.481 e. The van der Waals surface area contributed by atoms with E-state index in [2.05, 4.69) is 44.6 Å². The van der Waals surface area contributed by atoms with Gasteiger partial charge in [0.15, 0.2) is 5.11 Å². The standard InChI is InChI=1S/C18H23N5OS/c1-13(14-8-4-3-5-9-14)19-18(25)22-17-20-15(12-16(21-17)24-2)23-10-6-7-11-23/h3-5,8-9,12-13H,6-7,10-11H2,1-2H3,(H2,19,20,21,22,25)/t13-/m0/s1. The van der Waals surface area contributed by atoms with Crippen LogP contribution in [0.25, 0.3) is 0 Å². The Morgan fingerprint density at radius 1 is 1.20 bits per heavy atom. The van der Waals surface area contributed by atoms with Gasteiger partial charge in [-0.25, -0.2) is 0 Å². The summed E-state index contributed by atoms with van der Waals surface area (Å²) in [4.78, 5) is 11.2. The first-order valence-corrected chi connectivity index (χ1v) is 8.87. The molecule has 0 radical (unpaired) electrons. The molecule has 7 heteroatoms. The van der Waals surface area contributed by atoms with E-state index in [-0.39, 0.29) is 6.04 Å². The summed E-state index contributed by atoms with van der Waals surface area (Å²) in [5.74, 6) is 1.84. The van der Waals surface area contributed by atoms with Crippen LogP contribution in [0.5, 0.6) is 5.88 Å². The van der Waals surface area contributed by atoms with E-state index in [1.807, 2.05) is 24.3 Å². The maximum atomic E-state index is 5.41. The highest BCUT2D eigenvalue weighted by molar-refractivity contribution is 7.80. The molecule has 1 aliphatic heterocycles. The van der Waals surface area contributed by atoms with Gasteiger partial charge >= 0.3 is 0 Å². The van der Waals surface area contributed by atoms with Crippen molar-refractivity contribution in [2.75, 3.05) is 30.4 Å². The van der Waals surface area contributed by atoms with Gasteiger partial charge in [0.05, 0.1) is 13.2 Å². The number of methoxy groups -OCH3 is 1. The Hall–Kier alpha value is -2.41. The largest absolute Gasteiger partial charge is 0.481 e. The van der Waals surface area contributed by atoms with Crippen LogP contribution in [0.1, 0.15) is 31.4 Å². The second-order valence-electron chi connectivity index (χ2n) is 6.02. The minimum absolute atomic E-state index is 0.0878. The van der Waals surface area contributed by atoms with E-state index in [4.69, 9.17) is 17.0 Å². The van der Waals surface area contributed by atoms with Crippen LogP contribution in [0, 0.1) is 0 Å². The Morgan fingerprint density at radius 3 is 2.60 bits per heavy atom. The van der Waals surface area contributed by atoms with Gasteiger partial charge < -0.3 is 20.3 Å². The highest BCUT2D eigenvalue weighted by Gasteiger charge is 2.17. The first kappa shape index (κ1) is 17.4. The van der Waals surface area contributed by atoms with E-state index in [1.54, 1.807) is 7.11 Å². The van der Waals surface area contributed by atoms with Crippen LogP contribution in [0.2, 0.25) is 0 Å². The van der Waals surface area contributed by atoms with Crippen molar-refractivity contribution >= 4 is 29.1 Å². The van der Waals surface area contributed by atoms with E-state index < -0.39 is 0 Å².